The zero-order valence-corrected chi connectivity index (χ0v) is 18.5. The molecule has 30 heavy (non-hydrogen) atoms. The molecule has 10 heteroatoms. The lowest BCUT2D eigenvalue weighted by molar-refractivity contribution is 0.0676. The van der Waals surface area contributed by atoms with Crippen LogP contribution in [0.15, 0.2) is 42.5 Å². The number of carbonyl (C=O) groups is 1. The standard InChI is InChI=1S/C16H17O8P.C4H10O/c1-20-12-9-13(21-2)15(14(10-12)22-3)16(17)24-25(18,19)23-11-7-5-4-6-8-11;1-3-5-4-2/h4-10H,1-3H3,(H,18,19);3-4H2,1-2H3. The number of ether oxygens (including phenoxy) is 4. The molecule has 0 aliphatic rings. The van der Waals surface area contributed by atoms with Gasteiger partial charge in [-0.15, -0.1) is 0 Å². The van der Waals surface area contributed by atoms with Gasteiger partial charge in [-0.25, -0.2) is 9.36 Å². The molecule has 0 heterocycles. The average Bonchev–Trinajstić information content (AvgIpc) is 2.73. The predicted octanol–water partition coefficient (Wildman–Crippen LogP) is 4.09. The summed E-state index contributed by atoms with van der Waals surface area (Å²) in [4.78, 5) is 22.2. The van der Waals surface area contributed by atoms with Gasteiger partial charge in [-0.1, -0.05) is 18.2 Å². The largest absolute Gasteiger partial charge is 0.587 e. The third-order valence-electron chi connectivity index (χ3n) is 3.49. The molecule has 1 N–H and O–H groups in total. The molecular formula is C20H27O9P. The summed E-state index contributed by atoms with van der Waals surface area (Å²) in [7, 11) is -0.628. The number of rotatable bonds is 9. The van der Waals surface area contributed by atoms with Gasteiger partial charge < -0.3 is 28.0 Å². The van der Waals surface area contributed by atoms with Crippen LogP contribution < -0.4 is 18.7 Å². The molecule has 0 saturated heterocycles. The first-order valence-corrected chi connectivity index (χ1v) is 10.5. The van der Waals surface area contributed by atoms with E-state index in [9.17, 15) is 14.3 Å². The minimum Gasteiger partial charge on any atom is -0.496 e. The van der Waals surface area contributed by atoms with E-state index in [1.54, 1.807) is 18.2 Å². The molecule has 9 nitrogen and oxygen atoms in total. The van der Waals surface area contributed by atoms with E-state index in [0.29, 0.717) is 5.75 Å². The molecule has 0 fully saturated rings. The molecule has 0 spiro atoms. The molecule has 0 aliphatic heterocycles. The lowest BCUT2D eigenvalue weighted by atomic mass is 10.1. The molecular weight excluding hydrogens is 415 g/mol. The smallest absolute Gasteiger partial charge is 0.496 e. The van der Waals surface area contributed by atoms with Crippen LogP contribution in [0.4, 0.5) is 0 Å². The third-order valence-corrected chi connectivity index (χ3v) is 4.33. The fourth-order valence-corrected chi connectivity index (χ4v) is 2.92. The van der Waals surface area contributed by atoms with Crippen molar-refractivity contribution in [2.75, 3.05) is 34.5 Å². The fourth-order valence-electron chi connectivity index (χ4n) is 2.19. The van der Waals surface area contributed by atoms with Gasteiger partial charge in [0.15, 0.2) is 0 Å². The molecule has 166 valence electrons. The number of hydrogen-bond acceptors (Lipinski definition) is 8. The zero-order valence-electron chi connectivity index (χ0n) is 17.6. The average molecular weight is 442 g/mol. The maximum Gasteiger partial charge on any atom is 0.587 e. The molecule has 2 rings (SSSR count). The van der Waals surface area contributed by atoms with Crippen molar-refractivity contribution >= 4 is 13.8 Å². The van der Waals surface area contributed by atoms with Gasteiger partial charge in [0, 0.05) is 25.3 Å². The van der Waals surface area contributed by atoms with E-state index < -0.39 is 13.8 Å². The Labute approximate surface area is 176 Å². The summed E-state index contributed by atoms with van der Waals surface area (Å²) < 4.78 is 41.7. The van der Waals surface area contributed by atoms with Crippen molar-refractivity contribution in [2.45, 2.75) is 13.8 Å². The molecule has 0 saturated carbocycles. The van der Waals surface area contributed by atoms with Crippen LogP contribution in [0.1, 0.15) is 24.2 Å². The van der Waals surface area contributed by atoms with Crippen molar-refractivity contribution in [2.24, 2.45) is 0 Å². The number of phosphoric acid groups is 1. The highest BCUT2D eigenvalue weighted by molar-refractivity contribution is 7.48. The summed E-state index contributed by atoms with van der Waals surface area (Å²) in [5.41, 5.74) is -0.170. The van der Waals surface area contributed by atoms with Gasteiger partial charge in [0.05, 0.1) is 21.3 Å². The second kappa shape index (κ2) is 12.7. The Hall–Kier alpha value is -2.74. The van der Waals surface area contributed by atoms with Crippen molar-refractivity contribution in [3.63, 3.8) is 0 Å². The summed E-state index contributed by atoms with van der Waals surface area (Å²) >= 11 is 0. The van der Waals surface area contributed by atoms with E-state index in [2.05, 4.69) is 4.52 Å². The van der Waals surface area contributed by atoms with Crippen LogP contribution in [0.25, 0.3) is 0 Å². The van der Waals surface area contributed by atoms with Crippen molar-refractivity contribution in [3.05, 3.63) is 48.0 Å². The molecule has 0 aromatic heterocycles. The highest BCUT2D eigenvalue weighted by Gasteiger charge is 2.32. The molecule has 2 aromatic rings. The van der Waals surface area contributed by atoms with E-state index in [0.717, 1.165) is 13.2 Å². The molecule has 0 aliphatic carbocycles. The van der Waals surface area contributed by atoms with Gasteiger partial charge in [0.25, 0.3) is 0 Å². The first-order chi connectivity index (χ1) is 14.3. The monoisotopic (exact) mass is 442 g/mol. The molecule has 0 radical (unpaired) electrons. The van der Waals surface area contributed by atoms with E-state index in [1.165, 1.54) is 45.6 Å². The van der Waals surface area contributed by atoms with Gasteiger partial charge in [-0.05, 0) is 26.0 Å². The summed E-state index contributed by atoms with van der Waals surface area (Å²) in [6, 6.07) is 10.6. The van der Waals surface area contributed by atoms with Crippen molar-refractivity contribution in [3.8, 4) is 23.0 Å². The topological polar surface area (TPSA) is 110 Å². The quantitative estimate of drug-likeness (QED) is 0.574. The number of benzene rings is 2. The lowest BCUT2D eigenvalue weighted by Gasteiger charge is -2.16. The maximum atomic E-state index is 12.4. The maximum absolute atomic E-state index is 12.4. The summed E-state index contributed by atoms with van der Waals surface area (Å²) in [5, 5.41) is 0. The normalized spacial score (nSPS) is 11.9. The van der Waals surface area contributed by atoms with Gasteiger partial charge in [-0.3, -0.25) is 4.89 Å². The Morgan fingerprint density at radius 2 is 1.43 bits per heavy atom. The Bertz CT molecular complexity index is 812. The molecule has 0 amide bonds. The highest BCUT2D eigenvalue weighted by Crippen LogP contribution is 2.46. The van der Waals surface area contributed by atoms with Crippen LogP contribution in [-0.4, -0.2) is 45.4 Å². The number of carbonyl (C=O) groups excluding carboxylic acids is 1. The Morgan fingerprint density at radius 1 is 0.900 bits per heavy atom. The minimum atomic E-state index is -4.71. The van der Waals surface area contributed by atoms with Crippen molar-refractivity contribution in [1.29, 1.82) is 0 Å². The summed E-state index contributed by atoms with van der Waals surface area (Å²) in [6.45, 7) is 5.67. The molecule has 1 unspecified atom stereocenters. The second-order valence-electron chi connectivity index (χ2n) is 5.44. The summed E-state index contributed by atoms with van der Waals surface area (Å²) in [6.07, 6.45) is 0. The minimum absolute atomic E-state index is 0.0564. The van der Waals surface area contributed by atoms with Crippen molar-refractivity contribution in [1.82, 2.24) is 0 Å². The van der Waals surface area contributed by atoms with Crippen LogP contribution in [0.5, 0.6) is 23.0 Å². The SMILES string of the molecule is CCOCC.COc1cc(OC)c(C(=O)OP(=O)(O)Oc2ccccc2)c(OC)c1. The Morgan fingerprint density at radius 3 is 1.83 bits per heavy atom. The van der Waals surface area contributed by atoms with E-state index in [-0.39, 0.29) is 22.8 Å². The number of methoxy groups -OCH3 is 3. The number of phosphoric ester groups is 1. The van der Waals surface area contributed by atoms with Gasteiger partial charge in [-0.2, -0.15) is 0 Å². The van der Waals surface area contributed by atoms with E-state index in [4.69, 9.17) is 23.5 Å². The first kappa shape index (κ1) is 25.3. The Kier molecular flexibility index (Phi) is 10.7. The van der Waals surface area contributed by atoms with Crippen LogP contribution in [0, 0.1) is 0 Å². The van der Waals surface area contributed by atoms with Gasteiger partial charge >= 0.3 is 13.8 Å². The van der Waals surface area contributed by atoms with E-state index >= 15 is 0 Å². The second-order valence-corrected chi connectivity index (χ2v) is 6.74. The van der Waals surface area contributed by atoms with Crippen LogP contribution in [0.2, 0.25) is 0 Å². The van der Waals surface area contributed by atoms with E-state index in [1.807, 2.05) is 13.8 Å². The molecule has 0 bridgehead atoms. The first-order valence-electron chi connectivity index (χ1n) is 9.00. The highest BCUT2D eigenvalue weighted by atomic mass is 31.2. The van der Waals surface area contributed by atoms with Gasteiger partial charge in [0.1, 0.15) is 28.6 Å². The van der Waals surface area contributed by atoms with Crippen LogP contribution >= 0.6 is 7.82 Å². The number of para-hydroxylation sites is 1. The molecule has 2 aromatic carbocycles. The lowest BCUT2D eigenvalue weighted by Crippen LogP contribution is -2.10. The van der Waals surface area contributed by atoms with Crippen LogP contribution in [0.3, 0.4) is 0 Å². The van der Waals surface area contributed by atoms with Gasteiger partial charge in [0.2, 0.25) is 0 Å². The summed E-state index contributed by atoms with van der Waals surface area (Å²) in [5.74, 6) is -0.576. The number of hydrogen-bond donors (Lipinski definition) is 1. The van der Waals surface area contributed by atoms with Crippen LogP contribution in [-0.2, 0) is 13.8 Å². The van der Waals surface area contributed by atoms with Crippen molar-refractivity contribution < 1.29 is 42.2 Å². The fraction of sp³-hybridized carbons (Fsp3) is 0.350. The zero-order chi connectivity index (χ0) is 22.6. The third kappa shape index (κ3) is 7.94. The molecule has 1 atom stereocenters. The predicted molar refractivity (Wildman–Crippen MR) is 111 cm³/mol. The Balaban J connectivity index is 0.000000804.